The molecule has 0 spiro atoms. The first-order chi connectivity index (χ1) is 14.2. The van der Waals surface area contributed by atoms with Crippen LogP contribution in [0.1, 0.15) is 37.4 Å². The largest absolute Gasteiger partial charge is 0.352 e. The molecule has 29 heavy (non-hydrogen) atoms. The topological polar surface area (TPSA) is 50.1 Å². The molecule has 152 valence electrons. The summed E-state index contributed by atoms with van der Waals surface area (Å²) in [6, 6.07) is 10.3. The smallest absolute Gasteiger partial charge is 0.159 e. The molecule has 1 fully saturated rings. The lowest BCUT2D eigenvalue weighted by Crippen LogP contribution is -2.46. The van der Waals surface area contributed by atoms with Crippen molar-refractivity contribution in [2.45, 2.75) is 26.7 Å². The zero-order chi connectivity index (χ0) is 20.2. The van der Waals surface area contributed by atoms with E-state index in [2.05, 4.69) is 41.9 Å². The van der Waals surface area contributed by atoms with Gasteiger partial charge >= 0.3 is 0 Å². The maximum atomic E-state index is 4.97. The zero-order valence-electron chi connectivity index (χ0n) is 17.7. The molecule has 1 aliphatic rings. The molecule has 0 saturated carbocycles. The fourth-order valence-corrected chi connectivity index (χ4v) is 3.95. The van der Waals surface area contributed by atoms with Crippen molar-refractivity contribution < 1.29 is 0 Å². The van der Waals surface area contributed by atoms with Gasteiger partial charge in [0.05, 0.1) is 5.69 Å². The average molecular weight is 391 g/mol. The summed E-state index contributed by atoms with van der Waals surface area (Å²) in [5.41, 5.74) is 4.25. The number of rotatable bonds is 6. The molecule has 1 aromatic carbocycles. The van der Waals surface area contributed by atoms with Gasteiger partial charge in [-0.1, -0.05) is 56.7 Å². The van der Waals surface area contributed by atoms with Gasteiger partial charge in [0.2, 0.25) is 0 Å². The third-order valence-electron chi connectivity index (χ3n) is 5.58. The third kappa shape index (κ3) is 4.17. The van der Waals surface area contributed by atoms with Gasteiger partial charge in [-0.15, -0.1) is 0 Å². The molecule has 0 atom stereocenters. The van der Waals surface area contributed by atoms with Gasteiger partial charge in [-0.25, -0.2) is 9.97 Å². The van der Waals surface area contributed by atoms with Crippen molar-refractivity contribution in [1.29, 1.82) is 0 Å². The first kappa shape index (κ1) is 19.6. The molecule has 0 amide bonds. The van der Waals surface area contributed by atoms with Crippen LogP contribution in [-0.2, 0) is 13.5 Å². The SMILES string of the molecule is CCCc1nn(C)c2c(N3CCN(CC)CC3)nc(/C=C/c3ccccc3)nc12. The second kappa shape index (κ2) is 8.74. The quantitative estimate of drug-likeness (QED) is 0.643. The van der Waals surface area contributed by atoms with Gasteiger partial charge < -0.3 is 9.80 Å². The number of nitrogens with zero attached hydrogens (tertiary/aromatic N) is 6. The highest BCUT2D eigenvalue weighted by molar-refractivity contribution is 5.89. The molecule has 3 aromatic rings. The monoisotopic (exact) mass is 390 g/mol. The van der Waals surface area contributed by atoms with Crippen molar-refractivity contribution in [1.82, 2.24) is 24.6 Å². The van der Waals surface area contributed by atoms with Gasteiger partial charge in [0, 0.05) is 33.2 Å². The molecule has 0 unspecified atom stereocenters. The minimum absolute atomic E-state index is 0.750. The molecule has 0 radical (unpaired) electrons. The van der Waals surface area contributed by atoms with Crippen LogP contribution in [0.25, 0.3) is 23.2 Å². The molecular weight excluding hydrogens is 360 g/mol. The summed E-state index contributed by atoms with van der Waals surface area (Å²) in [7, 11) is 2.01. The number of likely N-dealkylation sites (N-methyl/N-ethyl adjacent to an activating group) is 1. The molecule has 3 heterocycles. The summed E-state index contributed by atoms with van der Waals surface area (Å²) in [4.78, 5) is 14.8. The number of hydrogen-bond acceptors (Lipinski definition) is 5. The lowest BCUT2D eigenvalue weighted by atomic mass is 10.2. The van der Waals surface area contributed by atoms with Crippen molar-refractivity contribution in [3.05, 3.63) is 47.4 Å². The Bertz CT molecular complexity index is 984. The second-order valence-electron chi connectivity index (χ2n) is 7.59. The fourth-order valence-electron chi connectivity index (χ4n) is 3.95. The van der Waals surface area contributed by atoms with Crippen LogP contribution in [0.3, 0.4) is 0 Å². The minimum atomic E-state index is 0.750. The highest BCUT2D eigenvalue weighted by atomic mass is 15.3. The minimum Gasteiger partial charge on any atom is -0.352 e. The van der Waals surface area contributed by atoms with Crippen molar-refractivity contribution >= 4 is 29.0 Å². The van der Waals surface area contributed by atoms with E-state index in [0.29, 0.717) is 0 Å². The highest BCUT2D eigenvalue weighted by Gasteiger charge is 2.23. The Morgan fingerprint density at radius 3 is 2.41 bits per heavy atom. The Kier molecular flexibility index (Phi) is 5.90. The molecule has 0 N–H and O–H groups in total. The van der Waals surface area contributed by atoms with Crippen LogP contribution in [0.4, 0.5) is 5.82 Å². The Hall–Kier alpha value is -2.73. The standard InChI is InChI=1S/C23H30N6/c1-4-9-19-21-22(27(3)26-19)23(29-16-14-28(5-2)15-17-29)25-20(24-21)13-12-18-10-7-6-8-11-18/h6-8,10-13H,4-5,9,14-17H2,1-3H3/b13-12+. The summed E-state index contributed by atoms with van der Waals surface area (Å²) in [5.74, 6) is 1.76. The van der Waals surface area contributed by atoms with Crippen molar-refractivity contribution in [3.8, 4) is 0 Å². The molecule has 1 aliphatic heterocycles. The van der Waals surface area contributed by atoms with E-state index in [-0.39, 0.29) is 0 Å². The van der Waals surface area contributed by atoms with E-state index in [0.717, 1.165) is 79.5 Å². The van der Waals surface area contributed by atoms with Crippen molar-refractivity contribution in [2.24, 2.45) is 7.05 Å². The Morgan fingerprint density at radius 1 is 0.966 bits per heavy atom. The van der Waals surface area contributed by atoms with Gasteiger partial charge in [0.1, 0.15) is 11.0 Å². The fraction of sp³-hybridized carbons (Fsp3) is 0.435. The molecule has 2 aromatic heterocycles. The Balaban J connectivity index is 1.76. The maximum Gasteiger partial charge on any atom is 0.159 e. The normalized spacial score (nSPS) is 15.6. The van der Waals surface area contributed by atoms with Crippen LogP contribution < -0.4 is 4.90 Å². The van der Waals surface area contributed by atoms with Crippen LogP contribution in [0.2, 0.25) is 0 Å². The molecule has 0 bridgehead atoms. The van der Waals surface area contributed by atoms with Gasteiger partial charge in [-0.2, -0.15) is 5.10 Å². The van der Waals surface area contributed by atoms with Crippen molar-refractivity contribution in [2.75, 3.05) is 37.6 Å². The van der Waals surface area contributed by atoms with Crippen LogP contribution in [0, 0.1) is 0 Å². The molecule has 0 aliphatic carbocycles. The summed E-state index contributed by atoms with van der Waals surface area (Å²) >= 11 is 0. The zero-order valence-corrected chi connectivity index (χ0v) is 17.7. The molecule has 1 saturated heterocycles. The summed E-state index contributed by atoms with van der Waals surface area (Å²) < 4.78 is 1.96. The van der Waals surface area contributed by atoms with Crippen LogP contribution in [0.15, 0.2) is 30.3 Å². The number of aryl methyl sites for hydroxylation is 2. The summed E-state index contributed by atoms with van der Waals surface area (Å²) in [5, 5.41) is 4.78. The van der Waals surface area contributed by atoms with Crippen molar-refractivity contribution in [3.63, 3.8) is 0 Å². The Morgan fingerprint density at radius 2 is 1.72 bits per heavy atom. The number of hydrogen-bond donors (Lipinski definition) is 0. The van der Waals surface area contributed by atoms with E-state index in [9.17, 15) is 0 Å². The Labute approximate surface area is 172 Å². The summed E-state index contributed by atoms with van der Waals surface area (Å²) in [6.07, 6.45) is 6.08. The van der Waals surface area contributed by atoms with E-state index < -0.39 is 0 Å². The van der Waals surface area contributed by atoms with E-state index in [1.165, 1.54) is 0 Å². The predicted molar refractivity (Wildman–Crippen MR) is 120 cm³/mol. The third-order valence-corrected chi connectivity index (χ3v) is 5.58. The average Bonchev–Trinajstić information content (AvgIpc) is 3.08. The van der Waals surface area contributed by atoms with E-state index >= 15 is 0 Å². The predicted octanol–water partition coefficient (Wildman–Crippen LogP) is 3.63. The van der Waals surface area contributed by atoms with E-state index in [1.54, 1.807) is 0 Å². The maximum absolute atomic E-state index is 4.97. The second-order valence-corrected chi connectivity index (χ2v) is 7.59. The summed E-state index contributed by atoms with van der Waals surface area (Å²) in [6.45, 7) is 9.61. The molecule has 6 heteroatoms. The molecular formula is C23H30N6. The number of piperazine rings is 1. The number of fused-ring (bicyclic) bond motifs is 1. The van der Waals surface area contributed by atoms with Gasteiger partial charge in [0.25, 0.3) is 0 Å². The lowest BCUT2D eigenvalue weighted by molar-refractivity contribution is 0.270. The van der Waals surface area contributed by atoms with E-state index in [1.807, 2.05) is 36.0 Å². The molecule has 4 rings (SSSR count). The first-order valence-corrected chi connectivity index (χ1v) is 10.6. The molecule has 6 nitrogen and oxygen atoms in total. The number of aromatic nitrogens is 4. The number of benzene rings is 1. The first-order valence-electron chi connectivity index (χ1n) is 10.6. The van der Waals surface area contributed by atoms with Crippen LogP contribution in [0.5, 0.6) is 0 Å². The number of anilines is 1. The van der Waals surface area contributed by atoms with Gasteiger partial charge in [-0.3, -0.25) is 4.68 Å². The van der Waals surface area contributed by atoms with Crippen LogP contribution in [-0.4, -0.2) is 57.4 Å². The highest BCUT2D eigenvalue weighted by Crippen LogP contribution is 2.28. The van der Waals surface area contributed by atoms with Gasteiger partial charge in [0.15, 0.2) is 11.6 Å². The van der Waals surface area contributed by atoms with E-state index in [4.69, 9.17) is 15.1 Å². The van der Waals surface area contributed by atoms with Crippen LogP contribution >= 0.6 is 0 Å². The lowest BCUT2D eigenvalue weighted by Gasteiger charge is -2.35. The van der Waals surface area contributed by atoms with Gasteiger partial charge in [-0.05, 0) is 24.6 Å².